The molecular weight excluding hydrogens is 248 g/mol. The maximum absolute atomic E-state index is 9.40. The van der Waals surface area contributed by atoms with Crippen molar-refractivity contribution >= 4 is 0 Å². The van der Waals surface area contributed by atoms with E-state index < -0.39 is 0 Å². The Bertz CT molecular complexity index is 390. The highest BCUT2D eigenvalue weighted by Crippen LogP contribution is 2.22. The van der Waals surface area contributed by atoms with Crippen molar-refractivity contribution in [3.63, 3.8) is 0 Å². The number of benzene rings is 1. The van der Waals surface area contributed by atoms with Crippen molar-refractivity contribution < 1.29 is 5.11 Å². The van der Waals surface area contributed by atoms with Crippen LogP contribution in [0.2, 0.25) is 0 Å². The number of nitrogens with one attached hydrogen (secondary N) is 1. The molecule has 2 rings (SSSR count). The van der Waals surface area contributed by atoms with E-state index in [9.17, 15) is 5.11 Å². The van der Waals surface area contributed by atoms with Gasteiger partial charge in [0, 0.05) is 18.6 Å². The summed E-state index contributed by atoms with van der Waals surface area (Å²) < 4.78 is 0. The minimum Gasteiger partial charge on any atom is -0.395 e. The Kier molecular flexibility index (Phi) is 6.02. The molecule has 1 fully saturated rings. The molecule has 2 unspecified atom stereocenters. The molecule has 0 radical (unpaired) electrons. The van der Waals surface area contributed by atoms with Gasteiger partial charge in [0.1, 0.15) is 0 Å². The van der Waals surface area contributed by atoms with Gasteiger partial charge in [-0.05, 0) is 44.8 Å². The normalized spacial score (nSPS) is 21.2. The Morgan fingerprint density at radius 1 is 1.35 bits per heavy atom. The van der Waals surface area contributed by atoms with Gasteiger partial charge in [0.25, 0.3) is 0 Å². The smallest absolute Gasteiger partial charge is 0.0586 e. The molecule has 0 saturated carbocycles. The van der Waals surface area contributed by atoms with E-state index in [0.29, 0.717) is 18.7 Å². The molecule has 1 aromatic rings. The van der Waals surface area contributed by atoms with Gasteiger partial charge >= 0.3 is 0 Å². The van der Waals surface area contributed by atoms with Gasteiger partial charge in [-0.15, -0.1) is 0 Å². The van der Waals surface area contributed by atoms with Crippen molar-refractivity contribution in [1.29, 1.82) is 0 Å². The minimum absolute atomic E-state index is 0.302. The molecule has 1 heterocycles. The third kappa shape index (κ3) is 4.05. The Hall–Kier alpha value is -0.900. The predicted molar refractivity (Wildman–Crippen MR) is 83.9 cm³/mol. The van der Waals surface area contributed by atoms with Gasteiger partial charge in [-0.2, -0.15) is 0 Å². The molecule has 3 nitrogen and oxygen atoms in total. The first-order valence-electron chi connectivity index (χ1n) is 7.89. The van der Waals surface area contributed by atoms with Gasteiger partial charge in [-0.1, -0.05) is 36.8 Å². The SMILES string of the molecule is CCNC(CCN1CCCC1CO)c1ccc(C)cc1. The van der Waals surface area contributed by atoms with Crippen molar-refractivity contribution in [2.45, 2.75) is 45.2 Å². The van der Waals surface area contributed by atoms with Gasteiger partial charge < -0.3 is 10.4 Å². The summed E-state index contributed by atoms with van der Waals surface area (Å²) in [6, 6.07) is 9.64. The Morgan fingerprint density at radius 2 is 2.10 bits per heavy atom. The number of aliphatic hydroxyl groups is 1. The quantitative estimate of drug-likeness (QED) is 0.803. The summed E-state index contributed by atoms with van der Waals surface area (Å²) in [7, 11) is 0. The zero-order valence-corrected chi connectivity index (χ0v) is 12.8. The summed E-state index contributed by atoms with van der Waals surface area (Å²) in [6.07, 6.45) is 3.47. The molecule has 1 aromatic carbocycles. The summed E-state index contributed by atoms with van der Waals surface area (Å²) >= 11 is 0. The largest absolute Gasteiger partial charge is 0.395 e. The standard InChI is InChI=1S/C17H28N2O/c1-3-18-17(15-8-6-14(2)7-9-15)10-12-19-11-4-5-16(19)13-20/h6-9,16-18,20H,3-5,10-13H2,1-2H3. The van der Waals surface area contributed by atoms with Crippen LogP contribution in [-0.2, 0) is 0 Å². The van der Waals surface area contributed by atoms with Crippen LogP contribution < -0.4 is 5.32 Å². The fourth-order valence-electron chi connectivity index (χ4n) is 3.12. The summed E-state index contributed by atoms with van der Waals surface area (Å²) in [4.78, 5) is 2.44. The van der Waals surface area contributed by atoms with Crippen molar-refractivity contribution in [2.75, 3.05) is 26.2 Å². The molecule has 0 aliphatic carbocycles. The second kappa shape index (κ2) is 7.77. The van der Waals surface area contributed by atoms with E-state index in [1.54, 1.807) is 0 Å². The number of likely N-dealkylation sites (tertiary alicyclic amines) is 1. The highest BCUT2D eigenvalue weighted by atomic mass is 16.3. The van der Waals surface area contributed by atoms with Crippen LogP contribution in [0.5, 0.6) is 0 Å². The van der Waals surface area contributed by atoms with Crippen LogP contribution >= 0.6 is 0 Å². The molecule has 0 aromatic heterocycles. The number of hydrogen-bond donors (Lipinski definition) is 2. The van der Waals surface area contributed by atoms with Crippen molar-refractivity contribution in [2.24, 2.45) is 0 Å². The maximum atomic E-state index is 9.40. The van der Waals surface area contributed by atoms with Gasteiger partial charge in [0.05, 0.1) is 6.61 Å². The zero-order chi connectivity index (χ0) is 14.4. The van der Waals surface area contributed by atoms with Crippen molar-refractivity contribution in [3.8, 4) is 0 Å². The molecule has 112 valence electrons. The summed E-state index contributed by atoms with van der Waals surface area (Å²) in [5.74, 6) is 0. The molecule has 1 aliphatic rings. The van der Waals surface area contributed by atoms with Crippen molar-refractivity contribution in [1.82, 2.24) is 10.2 Å². The lowest BCUT2D eigenvalue weighted by atomic mass is 10.0. The number of nitrogens with zero attached hydrogens (tertiary/aromatic N) is 1. The first-order chi connectivity index (χ1) is 9.74. The van der Waals surface area contributed by atoms with Crippen LogP contribution in [0.25, 0.3) is 0 Å². The van der Waals surface area contributed by atoms with Crippen LogP contribution in [0.3, 0.4) is 0 Å². The lowest BCUT2D eigenvalue weighted by Crippen LogP contribution is -2.35. The van der Waals surface area contributed by atoms with Crippen molar-refractivity contribution in [3.05, 3.63) is 35.4 Å². The van der Waals surface area contributed by atoms with E-state index in [1.165, 1.54) is 17.5 Å². The molecule has 20 heavy (non-hydrogen) atoms. The lowest BCUT2D eigenvalue weighted by Gasteiger charge is -2.26. The lowest BCUT2D eigenvalue weighted by molar-refractivity contribution is 0.154. The third-order valence-electron chi connectivity index (χ3n) is 4.35. The monoisotopic (exact) mass is 276 g/mol. The Morgan fingerprint density at radius 3 is 2.75 bits per heavy atom. The van der Waals surface area contributed by atoms with Gasteiger partial charge in [-0.3, -0.25) is 4.90 Å². The molecule has 0 bridgehead atoms. The van der Waals surface area contributed by atoms with Gasteiger partial charge in [-0.25, -0.2) is 0 Å². The Balaban J connectivity index is 1.93. The fraction of sp³-hybridized carbons (Fsp3) is 0.647. The molecule has 1 saturated heterocycles. The predicted octanol–water partition coefficient (Wildman–Crippen LogP) is 2.49. The summed E-state index contributed by atoms with van der Waals surface area (Å²) in [6.45, 7) is 7.78. The van der Waals surface area contributed by atoms with E-state index in [4.69, 9.17) is 0 Å². The highest BCUT2D eigenvalue weighted by molar-refractivity contribution is 5.24. The summed E-state index contributed by atoms with van der Waals surface area (Å²) in [5.41, 5.74) is 2.68. The van der Waals surface area contributed by atoms with E-state index in [1.807, 2.05) is 0 Å². The molecule has 2 atom stereocenters. The number of rotatable bonds is 7. The van der Waals surface area contributed by atoms with E-state index in [0.717, 1.165) is 32.5 Å². The first kappa shape index (κ1) is 15.5. The molecule has 0 amide bonds. The average molecular weight is 276 g/mol. The van der Waals surface area contributed by atoms with E-state index in [2.05, 4.69) is 48.3 Å². The van der Waals surface area contributed by atoms with Gasteiger partial charge in [0.15, 0.2) is 0 Å². The fourth-order valence-corrected chi connectivity index (χ4v) is 3.12. The number of aryl methyl sites for hydroxylation is 1. The molecule has 2 N–H and O–H groups in total. The highest BCUT2D eigenvalue weighted by Gasteiger charge is 2.24. The van der Waals surface area contributed by atoms with Crippen LogP contribution in [-0.4, -0.2) is 42.3 Å². The van der Waals surface area contributed by atoms with Gasteiger partial charge in [0.2, 0.25) is 0 Å². The average Bonchev–Trinajstić information content (AvgIpc) is 2.92. The Labute approximate surface area is 123 Å². The van der Waals surface area contributed by atoms with E-state index in [-0.39, 0.29) is 0 Å². The van der Waals surface area contributed by atoms with Crippen LogP contribution in [0, 0.1) is 6.92 Å². The first-order valence-corrected chi connectivity index (χ1v) is 7.89. The topological polar surface area (TPSA) is 35.5 Å². The molecule has 0 spiro atoms. The van der Waals surface area contributed by atoms with Crippen LogP contribution in [0.15, 0.2) is 24.3 Å². The second-order valence-electron chi connectivity index (χ2n) is 5.82. The number of hydrogen-bond acceptors (Lipinski definition) is 3. The number of aliphatic hydroxyl groups excluding tert-OH is 1. The zero-order valence-electron chi connectivity index (χ0n) is 12.8. The van der Waals surface area contributed by atoms with Crippen LogP contribution in [0.4, 0.5) is 0 Å². The van der Waals surface area contributed by atoms with Crippen LogP contribution in [0.1, 0.15) is 43.4 Å². The second-order valence-corrected chi connectivity index (χ2v) is 5.82. The third-order valence-corrected chi connectivity index (χ3v) is 4.35. The molecular formula is C17H28N2O. The molecule has 1 aliphatic heterocycles. The maximum Gasteiger partial charge on any atom is 0.0586 e. The molecule has 3 heteroatoms. The van der Waals surface area contributed by atoms with E-state index >= 15 is 0 Å². The minimum atomic E-state index is 0.302. The summed E-state index contributed by atoms with van der Waals surface area (Å²) in [5, 5.41) is 13.0.